The first kappa shape index (κ1) is 18.0. The highest BCUT2D eigenvalue weighted by molar-refractivity contribution is 5.83. The number of carbonyl (C=O) groups excluding carboxylic acids is 2. The fraction of sp³-hybridized carbons (Fsp3) is 0.875. The fourth-order valence-corrected chi connectivity index (χ4v) is 2.60. The Kier molecular flexibility index (Phi) is 7.72. The molecular formula is C16H31N3O2. The van der Waals surface area contributed by atoms with E-state index in [9.17, 15) is 9.59 Å². The lowest BCUT2D eigenvalue weighted by Crippen LogP contribution is -2.50. The van der Waals surface area contributed by atoms with Crippen LogP contribution in [0.2, 0.25) is 0 Å². The molecule has 0 saturated carbocycles. The summed E-state index contributed by atoms with van der Waals surface area (Å²) in [6.07, 6.45) is 4.50. The van der Waals surface area contributed by atoms with Crippen LogP contribution in [-0.2, 0) is 9.59 Å². The highest BCUT2D eigenvalue weighted by atomic mass is 16.2. The van der Waals surface area contributed by atoms with Crippen LogP contribution in [0.3, 0.4) is 0 Å². The molecule has 1 heterocycles. The van der Waals surface area contributed by atoms with Gasteiger partial charge in [0.15, 0.2) is 0 Å². The number of amides is 2. The number of hydrogen-bond donors (Lipinski definition) is 2. The van der Waals surface area contributed by atoms with Crippen molar-refractivity contribution in [2.75, 3.05) is 19.6 Å². The van der Waals surface area contributed by atoms with Crippen LogP contribution >= 0.6 is 0 Å². The number of nitrogens with zero attached hydrogens (tertiary/aromatic N) is 1. The molecule has 21 heavy (non-hydrogen) atoms. The van der Waals surface area contributed by atoms with E-state index >= 15 is 0 Å². The highest BCUT2D eigenvalue weighted by Crippen LogP contribution is 2.19. The lowest BCUT2D eigenvalue weighted by atomic mass is 9.93. The standard InChI is InChI=1S/C16H31N3O2/c1-4-6-9-18-15(20)13-7-10-19(11-8-13)16(21)14(17)12(3)5-2/h12-14H,4-11,17H2,1-3H3,(H,18,20). The van der Waals surface area contributed by atoms with Crippen molar-refractivity contribution in [2.45, 2.75) is 58.9 Å². The molecule has 1 aliphatic heterocycles. The maximum Gasteiger partial charge on any atom is 0.239 e. The van der Waals surface area contributed by atoms with E-state index in [0.29, 0.717) is 13.1 Å². The normalized spacial score (nSPS) is 19.1. The maximum atomic E-state index is 12.3. The largest absolute Gasteiger partial charge is 0.356 e. The van der Waals surface area contributed by atoms with Crippen LogP contribution in [0.4, 0.5) is 0 Å². The van der Waals surface area contributed by atoms with Gasteiger partial charge < -0.3 is 16.0 Å². The van der Waals surface area contributed by atoms with Gasteiger partial charge in [-0.2, -0.15) is 0 Å². The van der Waals surface area contributed by atoms with Gasteiger partial charge in [-0.1, -0.05) is 33.6 Å². The number of carbonyl (C=O) groups is 2. The van der Waals surface area contributed by atoms with E-state index in [1.165, 1.54) is 0 Å². The molecule has 1 fully saturated rings. The van der Waals surface area contributed by atoms with E-state index in [-0.39, 0.29) is 23.7 Å². The third-order valence-electron chi connectivity index (χ3n) is 4.55. The van der Waals surface area contributed by atoms with Crippen LogP contribution in [0, 0.1) is 11.8 Å². The molecule has 5 heteroatoms. The van der Waals surface area contributed by atoms with Crippen LogP contribution < -0.4 is 11.1 Å². The average Bonchev–Trinajstić information content (AvgIpc) is 2.52. The summed E-state index contributed by atoms with van der Waals surface area (Å²) >= 11 is 0. The summed E-state index contributed by atoms with van der Waals surface area (Å²) in [7, 11) is 0. The van der Waals surface area contributed by atoms with Gasteiger partial charge in [0.1, 0.15) is 0 Å². The molecule has 122 valence electrons. The monoisotopic (exact) mass is 297 g/mol. The molecule has 2 atom stereocenters. The Balaban J connectivity index is 2.37. The van der Waals surface area contributed by atoms with E-state index in [4.69, 9.17) is 5.73 Å². The Hall–Kier alpha value is -1.10. The van der Waals surface area contributed by atoms with Gasteiger partial charge in [-0.25, -0.2) is 0 Å². The third kappa shape index (κ3) is 5.30. The number of hydrogen-bond acceptors (Lipinski definition) is 3. The van der Waals surface area contributed by atoms with Crippen molar-refractivity contribution in [1.82, 2.24) is 10.2 Å². The number of piperidine rings is 1. The molecule has 0 radical (unpaired) electrons. The zero-order valence-corrected chi connectivity index (χ0v) is 13.7. The van der Waals surface area contributed by atoms with Crippen molar-refractivity contribution >= 4 is 11.8 Å². The number of unbranched alkanes of at least 4 members (excludes halogenated alkanes) is 1. The predicted molar refractivity (Wildman–Crippen MR) is 84.7 cm³/mol. The van der Waals surface area contributed by atoms with Gasteiger partial charge in [0.2, 0.25) is 11.8 Å². The van der Waals surface area contributed by atoms with Crippen LogP contribution in [0.1, 0.15) is 52.9 Å². The minimum absolute atomic E-state index is 0.0363. The summed E-state index contributed by atoms with van der Waals surface area (Å²) in [5.74, 6) is 0.425. The summed E-state index contributed by atoms with van der Waals surface area (Å²) in [4.78, 5) is 26.1. The van der Waals surface area contributed by atoms with E-state index in [2.05, 4.69) is 12.2 Å². The number of likely N-dealkylation sites (tertiary alicyclic amines) is 1. The second-order valence-corrected chi connectivity index (χ2v) is 6.16. The number of nitrogens with two attached hydrogens (primary N) is 1. The molecule has 0 spiro atoms. The van der Waals surface area contributed by atoms with Crippen molar-refractivity contribution in [1.29, 1.82) is 0 Å². The second-order valence-electron chi connectivity index (χ2n) is 6.16. The molecule has 1 aliphatic rings. The van der Waals surface area contributed by atoms with Crippen LogP contribution in [0.15, 0.2) is 0 Å². The van der Waals surface area contributed by atoms with Gasteiger partial charge in [0, 0.05) is 25.6 Å². The molecule has 0 aliphatic carbocycles. The molecule has 1 saturated heterocycles. The first-order valence-corrected chi connectivity index (χ1v) is 8.33. The van der Waals surface area contributed by atoms with Gasteiger partial charge >= 0.3 is 0 Å². The fourth-order valence-electron chi connectivity index (χ4n) is 2.60. The van der Waals surface area contributed by atoms with Gasteiger partial charge in [0.05, 0.1) is 6.04 Å². The molecule has 1 rings (SSSR count). The molecule has 2 amide bonds. The zero-order chi connectivity index (χ0) is 15.8. The summed E-state index contributed by atoms with van der Waals surface area (Å²) in [5, 5.41) is 2.98. The van der Waals surface area contributed by atoms with Gasteiger partial charge in [-0.15, -0.1) is 0 Å². The Bertz CT molecular complexity index is 338. The predicted octanol–water partition coefficient (Wildman–Crippen LogP) is 1.51. The van der Waals surface area contributed by atoms with Crippen molar-refractivity contribution in [3.05, 3.63) is 0 Å². The number of rotatable bonds is 7. The Morgan fingerprint density at radius 3 is 2.43 bits per heavy atom. The van der Waals surface area contributed by atoms with E-state index < -0.39 is 6.04 Å². The smallest absolute Gasteiger partial charge is 0.239 e. The summed E-state index contributed by atoms with van der Waals surface area (Å²) in [6.45, 7) is 8.22. The van der Waals surface area contributed by atoms with E-state index in [1.54, 1.807) is 0 Å². The highest BCUT2D eigenvalue weighted by Gasteiger charge is 2.30. The maximum absolute atomic E-state index is 12.3. The minimum atomic E-state index is -0.412. The molecule has 5 nitrogen and oxygen atoms in total. The molecule has 3 N–H and O–H groups in total. The zero-order valence-electron chi connectivity index (χ0n) is 13.7. The third-order valence-corrected chi connectivity index (χ3v) is 4.55. The minimum Gasteiger partial charge on any atom is -0.356 e. The summed E-state index contributed by atoms with van der Waals surface area (Å²) in [6, 6.07) is -0.412. The van der Waals surface area contributed by atoms with Crippen LogP contribution in [0.25, 0.3) is 0 Å². The Morgan fingerprint density at radius 2 is 1.90 bits per heavy atom. The van der Waals surface area contributed by atoms with Crippen molar-refractivity contribution in [3.8, 4) is 0 Å². The van der Waals surface area contributed by atoms with Gasteiger partial charge in [0.25, 0.3) is 0 Å². The quantitative estimate of drug-likeness (QED) is 0.700. The first-order chi connectivity index (χ1) is 10.0. The molecule has 2 unspecified atom stereocenters. The van der Waals surface area contributed by atoms with Crippen LogP contribution in [-0.4, -0.2) is 42.4 Å². The molecule has 0 aromatic rings. The topological polar surface area (TPSA) is 75.4 Å². The van der Waals surface area contributed by atoms with Crippen molar-refractivity contribution in [3.63, 3.8) is 0 Å². The first-order valence-electron chi connectivity index (χ1n) is 8.33. The average molecular weight is 297 g/mol. The van der Waals surface area contributed by atoms with E-state index in [1.807, 2.05) is 18.7 Å². The molecule has 0 aromatic heterocycles. The molecule has 0 bridgehead atoms. The lowest BCUT2D eigenvalue weighted by Gasteiger charge is -2.34. The summed E-state index contributed by atoms with van der Waals surface area (Å²) in [5.41, 5.74) is 6.01. The molecule has 0 aromatic carbocycles. The lowest BCUT2D eigenvalue weighted by molar-refractivity contribution is -0.137. The summed E-state index contributed by atoms with van der Waals surface area (Å²) < 4.78 is 0. The SMILES string of the molecule is CCCCNC(=O)C1CCN(C(=O)C(N)C(C)CC)CC1. The molecular weight excluding hydrogens is 266 g/mol. The van der Waals surface area contributed by atoms with Crippen molar-refractivity contribution < 1.29 is 9.59 Å². The van der Waals surface area contributed by atoms with Crippen molar-refractivity contribution in [2.24, 2.45) is 17.6 Å². The van der Waals surface area contributed by atoms with Gasteiger partial charge in [-0.3, -0.25) is 9.59 Å². The Labute approximate surface area is 128 Å². The Morgan fingerprint density at radius 1 is 1.29 bits per heavy atom. The number of nitrogens with one attached hydrogen (secondary N) is 1. The second kappa shape index (κ2) is 9.03. The van der Waals surface area contributed by atoms with Crippen LogP contribution in [0.5, 0.6) is 0 Å². The van der Waals surface area contributed by atoms with Gasteiger partial charge in [-0.05, 0) is 25.2 Å². The van der Waals surface area contributed by atoms with E-state index in [0.717, 1.165) is 38.6 Å².